The summed E-state index contributed by atoms with van der Waals surface area (Å²) in [4.78, 5) is 28.5. The molecule has 0 aromatic heterocycles. The van der Waals surface area contributed by atoms with Crippen molar-refractivity contribution in [3.63, 3.8) is 0 Å². The second kappa shape index (κ2) is 12.7. The zero-order valence-electron chi connectivity index (χ0n) is 21.7. The van der Waals surface area contributed by atoms with Crippen LogP contribution in [0.25, 0.3) is 0 Å². The smallest absolute Gasteiger partial charge is 0.244 e. The van der Waals surface area contributed by atoms with E-state index in [1.54, 1.807) is 37.3 Å². The summed E-state index contributed by atoms with van der Waals surface area (Å²) in [5.41, 5.74) is 3.24. The summed E-state index contributed by atoms with van der Waals surface area (Å²) in [5.74, 6) is -0.972. The minimum Gasteiger partial charge on any atom is -0.357 e. The van der Waals surface area contributed by atoms with Crippen molar-refractivity contribution in [3.05, 3.63) is 99.0 Å². The first-order chi connectivity index (χ1) is 17.9. The normalized spacial score (nSPS) is 12.1. The molecule has 0 saturated heterocycles. The number of anilines is 1. The van der Waals surface area contributed by atoms with Crippen molar-refractivity contribution in [2.24, 2.45) is 0 Å². The fraction of sp³-hybridized carbons (Fsp3) is 0.286. The van der Waals surface area contributed by atoms with Gasteiger partial charge in [0.15, 0.2) is 0 Å². The van der Waals surface area contributed by atoms with E-state index in [0.29, 0.717) is 26.9 Å². The van der Waals surface area contributed by atoms with E-state index in [1.807, 2.05) is 43.3 Å². The van der Waals surface area contributed by atoms with Gasteiger partial charge in [0.25, 0.3) is 0 Å². The zero-order valence-corrected chi connectivity index (χ0v) is 24.1. The lowest BCUT2D eigenvalue weighted by molar-refractivity contribution is -0.139. The Morgan fingerprint density at radius 3 is 2.16 bits per heavy atom. The van der Waals surface area contributed by atoms with Gasteiger partial charge in [-0.15, -0.1) is 0 Å². The highest BCUT2D eigenvalue weighted by Crippen LogP contribution is 2.29. The number of likely N-dealkylation sites (N-methyl/N-ethyl adjacent to an activating group) is 1. The summed E-state index contributed by atoms with van der Waals surface area (Å²) in [6.07, 6.45) is 1.26. The van der Waals surface area contributed by atoms with Crippen molar-refractivity contribution in [1.29, 1.82) is 0 Å². The third kappa shape index (κ3) is 7.28. The van der Waals surface area contributed by atoms with Crippen LogP contribution in [-0.4, -0.2) is 51.0 Å². The molecule has 7 nitrogen and oxygen atoms in total. The largest absolute Gasteiger partial charge is 0.357 e. The molecule has 38 heavy (non-hydrogen) atoms. The van der Waals surface area contributed by atoms with Gasteiger partial charge < -0.3 is 10.2 Å². The van der Waals surface area contributed by atoms with Crippen LogP contribution in [0.2, 0.25) is 10.0 Å². The molecule has 1 atom stereocenters. The summed E-state index contributed by atoms with van der Waals surface area (Å²) in [5, 5.41) is 3.30. The van der Waals surface area contributed by atoms with E-state index in [9.17, 15) is 18.0 Å². The second-order valence-corrected chi connectivity index (χ2v) is 11.8. The van der Waals surface area contributed by atoms with E-state index in [0.717, 1.165) is 21.7 Å². The molecule has 0 fully saturated rings. The monoisotopic (exact) mass is 575 g/mol. The van der Waals surface area contributed by atoms with Crippen LogP contribution in [-0.2, 0) is 32.6 Å². The van der Waals surface area contributed by atoms with Gasteiger partial charge in [-0.1, -0.05) is 71.7 Å². The minimum atomic E-state index is -3.85. The summed E-state index contributed by atoms with van der Waals surface area (Å²) < 4.78 is 26.9. The molecule has 0 radical (unpaired) electrons. The molecule has 0 aliphatic rings. The van der Waals surface area contributed by atoms with Gasteiger partial charge in [0, 0.05) is 35.6 Å². The molecule has 10 heteroatoms. The molecule has 202 valence electrons. The molecule has 0 aliphatic carbocycles. The van der Waals surface area contributed by atoms with E-state index < -0.39 is 34.4 Å². The summed E-state index contributed by atoms with van der Waals surface area (Å²) in [6.45, 7) is 3.03. The van der Waals surface area contributed by atoms with E-state index in [-0.39, 0.29) is 13.0 Å². The van der Waals surface area contributed by atoms with Gasteiger partial charge in [-0.25, -0.2) is 8.42 Å². The van der Waals surface area contributed by atoms with Crippen molar-refractivity contribution in [1.82, 2.24) is 10.2 Å². The van der Waals surface area contributed by atoms with Crippen molar-refractivity contribution < 1.29 is 18.0 Å². The minimum absolute atomic E-state index is 0.0906. The van der Waals surface area contributed by atoms with Crippen LogP contribution in [0.4, 0.5) is 5.69 Å². The molecule has 3 aromatic rings. The molecule has 0 aliphatic heterocycles. The van der Waals surface area contributed by atoms with Gasteiger partial charge in [0.1, 0.15) is 12.6 Å². The number of carbonyl (C=O) groups is 2. The molecule has 2 amide bonds. The number of hydrogen-bond acceptors (Lipinski definition) is 4. The quantitative estimate of drug-likeness (QED) is 0.377. The SMILES string of the molecule is CNC(=O)[C@H](Cc1ccccc1)N(Cc1c(Cl)cccc1Cl)C(=O)CN(c1cc(C)ccc1C)S(C)(=O)=O. The molecule has 1 N–H and O–H groups in total. The lowest BCUT2D eigenvalue weighted by Gasteiger charge is -2.34. The van der Waals surface area contributed by atoms with Crippen molar-refractivity contribution in [2.75, 3.05) is 24.2 Å². The molecule has 0 spiro atoms. The number of amides is 2. The molecular weight excluding hydrogens is 545 g/mol. The summed E-state index contributed by atoms with van der Waals surface area (Å²) in [6, 6.07) is 18.7. The highest BCUT2D eigenvalue weighted by molar-refractivity contribution is 7.92. The number of halogens is 2. The molecule has 0 unspecified atom stereocenters. The number of nitrogens with zero attached hydrogens (tertiary/aromatic N) is 2. The predicted molar refractivity (Wildman–Crippen MR) is 153 cm³/mol. The molecular formula is C28H31Cl2N3O4S. The third-order valence-corrected chi connectivity index (χ3v) is 8.05. The summed E-state index contributed by atoms with van der Waals surface area (Å²) in [7, 11) is -2.36. The Bertz CT molecular complexity index is 1390. The number of hydrogen-bond donors (Lipinski definition) is 1. The van der Waals surface area contributed by atoms with Crippen LogP contribution in [0.15, 0.2) is 66.7 Å². The number of carbonyl (C=O) groups excluding carboxylic acids is 2. The Morgan fingerprint density at radius 2 is 1.58 bits per heavy atom. The van der Waals surface area contributed by atoms with Crippen LogP contribution in [0.5, 0.6) is 0 Å². The van der Waals surface area contributed by atoms with Gasteiger partial charge in [-0.3, -0.25) is 13.9 Å². The van der Waals surface area contributed by atoms with Gasteiger partial charge in [-0.05, 0) is 48.7 Å². The van der Waals surface area contributed by atoms with E-state index in [2.05, 4.69) is 5.32 Å². The van der Waals surface area contributed by atoms with E-state index in [4.69, 9.17) is 23.2 Å². The van der Waals surface area contributed by atoms with Gasteiger partial charge in [-0.2, -0.15) is 0 Å². The Balaban J connectivity index is 2.10. The molecule has 3 rings (SSSR count). The zero-order chi connectivity index (χ0) is 28.0. The Labute approximate surface area is 234 Å². The Morgan fingerprint density at radius 1 is 0.947 bits per heavy atom. The van der Waals surface area contributed by atoms with Gasteiger partial charge >= 0.3 is 0 Å². The van der Waals surface area contributed by atoms with Crippen molar-refractivity contribution >= 4 is 50.7 Å². The first-order valence-electron chi connectivity index (χ1n) is 11.9. The lowest BCUT2D eigenvalue weighted by atomic mass is 10.0. The number of sulfonamides is 1. The number of rotatable bonds is 10. The molecule has 0 heterocycles. The Hall–Kier alpha value is -3.07. The molecule has 0 saturated carbocycles. The number of aryl methyl sites for hydroxylation is 2. The van der Waals surface area contributed by atoms with Crippen LogP contribution in [0.3, 0.4) is 0 Å². The average Bonchev–Trinajstić information content (AvgIpc) is 2.87. The topological polar surface area (TPSA) is 86.8 Å². The maximum Gasteiger partial charge on any atom is 0.244 e. The highest BCUT2D eigenvalue weighted by atomic mass is 35.5. The van der Waals surface area contributed by atoms with E-state index >= 15 is 0 Å². The van der Waals surface area contributed by atoms with Crippen LogP contribution in [0, 0.1) is 13.8 Å². The Kier molecular flexibility index (Phi) is 9.82. The lowest BCUT2D eigenvalue weighted by Crippen LogP contribution is -2.53. The number of nitrogens with one attached hydrogen (secondary N) is 1. The number of benzene rings is 3. The van der Waals surface area contributed by atoms with Crippen LogP contribution in [0.1, 0.15) is 22.3 Å². The van der Waals surface area contributed by atoms with Gasteiger partial charge in [0.2, 0.25) is 21.8 Å². The fourth-order valence-electron chi connectivity index (χ4n) is 4.16. The van der Waals surface area contributed by atoms with E-state index in [1.165, 1.54) is 11.9 Å². The first-order valence-corrected chi connectivity index (χ1v) is 14.6. The third-order valence-electron chi connectivity index (χ3n) is 6.22. The van der Waals surface area contributed by atoms with Gasteiger partial charge in [0.05, 0.1) is 11.9 Å². The van der Waals surface area contributed by atoms with Crippen LogP contribution < -0.4 is 9.62 Å². The standard InChI is InChI=1S/C28H31Cl2N3O4S/c1-19-13-14-20(2)25(15-19)33(38(4,36)37)18-27(34)32(17-22-23(29)11-8-12-24(22)30)26(28(35)31-3)16-21-9-6-5-7-10-21/h5-15,26H,16-18H2,1-4H3,(H,31,35)/t26-/m0/s1. The molecule has 0 bridgehead atoms. The van der Waals surface area contributed by atoms with Crippen molar-refractivity contribution in [3.8, 4) is 0 Å². The fourth-order valence-corrected chi connectivity index (χ4v) is 5.57. The second-order valence-electron chi connectivity index (χ2n) is 9.10. The maximum absolute atomic E-state index is 14.0. The average molecular weight is 577 g/mol. The predicted octanol–water partition coefficient (Wildman–Crippen LogP) is 4.76. The van der Waals surface area contributed by atoms with Crippen molar-refractivity contribution in [2.45, 2.75) is 32.9 Å². The highest BCUT2D eigenvalue weighted by Gasteiger charge is 2.33. The maximum atomic E-state index is 14.0. The first kappa shape index (κ1) is 29.5. The molecule has 3 aromatic carbocycles. The van der Waals surface area contributed by atoms with Crippen LogP contribution >= 0.6 is 23.2 Å². The summed E-state index contributed by atoms with van der Waals surface area (Å²) >= 11 is 12.9.